The Hall–Kier alpha value is -4.66. The number of ether oxygens (including phenoxy) is 1. The molecule has 9 nitrogen and oxygen atoms in total. The van der Waals surface area contributed by atoms with Crippen LogP contribution in [0.1, 0.15) is 5.56 Å². The lowest BCUT2D eigenvalue weighted by Gasteiger charge is -2.11. The molecule has 0 spiro atoms. The van der Waals surface area contributed by atoms with E-state index in [1.165, 1.54) is 10.9 Å². The Morgan fingerprint density at radius 3 is 2.70 bits per heavy atom. The highest BCUT2D eigenvalue weighted by Gasteiger charge is 2.12. The number of hydrogen-bond acceptors (Lipinski definition) is 7. The van der Waals surface area contributed by atoms with E-state index in [1.54, 1.807) is 31.5 Å². The molecule has 166 valence electrons. The molecule has 9 heteroatoms. The number of rotatable bonds is 5. The number of carbonyl (C=O) groups is 1. The van der Waals surface area contributed by atoms with Crippen LogP contribution in [0.15, 0.2) is 77.7 Å². The first-order valence-corrected chi connectivity index (χ1v) is 9.96. The van der Waals surface area contributed by atoms with Crippen LogP contribution in [-0.2, 0) is 4.79 Å². The van der Waals surface area contributed by atoms with Gasteiger partial charge in [-0.3, -0.25) is 9.59 Å². The van der Waals surface area contributed by atoms with Crippen LogP contribution < -0.4 is 21.3 Å². The molecule has 4 aromatic rings. The van der Waals surface area contributed by atoms with E-state index in [9.17, 15) is 9.59 Å². The van der Waals surface area contributed by atoms with Gasteiger partial charge in [0, 0.05) is 5.39 Å². The molecule has 0 saturated heterocycles. The monoisotopic (exact) mass is 443 g/mol. The van der Waals surface area contributed by atoms with Crippen molar-refractivity contribution in [1.82, 2.24) is 14.8 Å². The highest BCUT2D eigenvalue weighted by Crippen LogP contribution is 2.31. The van der Waals surface area contributed by atoms with Crippen molar-refractivity contribution in [3.05, 3.63) is 88.8 Å². The van der Waals surface area contributed by atoms with Gasteiger partial charge in [-0.1, -0.05) is 18.2 Å². The Balaban J connectivity index is 1.67. The summed E-state index contributed by atoms with van der Waals surface area (Å²) in [4.78, 5) is 29.0. The Bertz CT molecular complexity index is 1440. The maximum Gasteiger partial charge on any atom is 0.280 e. The zero-order valence-corrected chi connectivity index (χ0v) is 17.9. The normalized spacial score (nSPS) is 11.4. The summed E-state index contributed by atoms with van der Waals surface area (Å²) in [7, 11) is 1.63. The van der Waals surface area contributed by atoms with Gasteiger partial charge in [0.1, 0.15) is 17.7 Å². The number of pyridine rings is 1. The zero-order valence-electron chi connectivity index (χ0n) is 17.9. The minimum atomic E-state index is -0.671. The van der Waals surface area contributed by atoms with E-state index in [0.29, 0.717) is 28.5 Å². The van der Waals surface area contributed by atoms with Crippen LogP contribution in [0.25, 0.3) is 27.7 Å². The molecule has 0 unspecified atom stereocenters. The van der Waals surface area contributed by atoms with Gasteiger partial charge >= 0.3 is 0 Å². The van der Waals surface area contributed by atoms with E-state index in [-0.39, 0.29) is 11.3 Å². The third-order valence-corrected chi connectivity index (χ3v) is 5.23. The number of aliphatic hydroxyl groups excluding tert-OH is 1. The molecule has 0 bridgehead atoms. The summed E-state index contributed by atoms with van der Waals surface area (Å²) in [5, 5.41) is 16.7. The second-order valence-electron chi connectivity index (χ2n) is 7.24. The molecule has 0 aliphatic rings. The number of benzene rings is 2. The van der Waals surface area contributed by atoms with Crippen LogP contribution in [0.3, 0.4) is 0 Å². The summed E-state index contributed by atoms with van der Waals surface area (Å²) in [6.07, 6.45) is 3.49. The number of amides is 1. The molecular formula is C24H21N5O4. The highest BCUT2D eigenvalue weighted by molar-refractivity contribution is 6.02. The fraction of sp³-hybridized carbons (Fsp3) is 0.0833. The number of nitrogens with two attached hydrogens (primary N) is 1. The lowest BCUT2D eigenvalue weighted by molar-refractivity contribution is -0.113. The van der Waals surface area contributed by atoms with Crippen molar-refractivity contribution >= 4 is 22.4 Å². The molecular weight excluding hydrogens is 422 g/mol. The van der Waals surface area contributed by atoms with Gasteiger partial charge in [0.05, 0.1) is 30.6 Å². The van der Waals surface area contributed by atoms with Crippen molar-refractivity contribution in [2.45, 2.75) is 6.92 Å². The number of aliphatic hydroxyl groups is 1. The average Bonchev–Trinajstić information content (AvgIpc) is 2.84. The van der Waals surface area contributed by atoms with Gasteiger partial charge in [-0.15, -0.1) is 0 Å². The van der Waals surface area contributed by atoms with Gasteiger partial charge in [-0.05, 0) is 53.9 Å². The third-order valence-electron chi connectivity index (χ3n) is 5.23. The Labute approximate surface area is 188 Å². The predicted octanol–water partition coefficient (Wildman–Crippen LogP) is 3.06. The summed E-state index contributed by atoms with van der Waals surface area (Å²) in [5.74, 6) is 0.412. The minimum Gasteiger partial charge on any atom is -0.513 e. The molecule has 2 aromatic carbocycles. The van der Waals surface area contributed by atoms with E-state index in [2.05, 4.69) is 15.4 Å². The number of methoxy groups -OCH3 is 1. The molecule has 2 heterocycles. The molecule has 4 rings (SSSR count). The standard InChI is InChI=1S/C24H21N5O4/c1-14-18(4-3-5-21(14)33-2)15-6-8-19-16(10-15)11-27-29(24(19)32)22-9-7-17(12-26-22)28-23(31)20(25)13-30/h3-13,30H,25H2,1-2H3,(H,28,31). The van der Waals surface area contributed by atoms with Gasteiger partial charge in [0.15, 0.2) is 5.82 Å². The molecule has 0 aliphatic heterocycles. The maximum atomic E-state index is 13.1. The molecule has 0 atom stereocenters. The summed E-state index contributed by atoms with van der Waals surface area (Å²) in [5.41, 5.74) is 8.00. The Morgan fingerprint density at radius 1 is 1.18 bits per heavy atom. The first kappa shape index (κ1) is 21.6. The molecule has 0 aliphatic carbocycles. The number of hydrogen-bond donors (Lipinski definition) is 3. The SMILES string of the molecule is COc1cccc(-c2ccc3c(=O)n(-c4ccc(NC(=O)C(N)=CO)cn4)ncc3c2)c1C. The maximum absolute atomic E-state index is 13.1. The first-order chi connectivity index (χ1) is 15.9. The molecule has 4 N–H and O–H groups in total. The lowest BCUT2D eigenvalue weighted by atomic mass is 9.98. The topological polar surface area (TPSA) is 132 Å². The molecule has 0 radical (unpaired) electrons. The van der Waals surface area contributed by atoms with Crippen molar-refractivity contribution in [2.75, 3.05) is 12.4 Å². The third kappa shape index (κ3) is 4.11. The predicted molar refractivity (Wildman–Crippen MR) is 125 cm³/mol. The van der Waals surface area contributed by atoms with Gasteiger partial charge in [0.25, 0.3) is 11.5 Å². The zero-order chi connectivity index (χ0) is 23.5. The summed E-state index contributed by atoms with van der Waals surface area (Å²) in [6.45, 7) is 1.99. The lowest BCUT2D eigenvalue weighted by Crippen LogP contribution is -2.22. The van der Waals surface area contributed by atoms with Gasteiger partial charge < -0.3 is 20.9 Å². The second kappa shape index (κ2) is 8.83. The van der Waals surface area contributed by atoms with Crippen LogP contribution in [0.5, 0.6) is 5.75 Å². The fourth-order valence-electron chi connectivity index (χ4n) is 3.48. The Morgan fingerprint density at radius 2 is 2.00 bits per heavy atom. The number of nitrogens with one attached hydrogen (secondary N) is 1. The van der Waals surface area contributed by atoms with E-state index >= 15 is 0 Å². The van der Waals surface area contributed by atoms with Gasteiger partial charge in [-0.2, -0.15) is 9.78 Å². The first-order valence-electron chi connectivity index (χ1n) is 9.96. The van der Waals surface area contributed by atoms with Crippen LogP contribution in [-0.4, -0.2) is 32.9 Å². The smallest absolute Gasteiger partial charge is 0.280 e. The number of nitrogens with zero attached hydrogens (tertiary/aromatic N) is 3. The second-order valence-corrected chi connectivity index (χ2v) is 7.24. The quantitative estimate of drug-likeness (QED) is 0.319. The van der Waals surface area contributed by atoms with Crippen molar-refractivity contribution in [2.24, 2.45) is 5.73 Å². The number of aromatic nitrogens is 3. The van der Waals surface area contributed by atoms with Crippen LogP contribution >= 0.6 is 0 Å². The summed E-state index contributed by atoms with van der Waals surface area (Å²) < 4.78 is 6.60. The van der Waals surface area contributed by atoms with Crippen LogP contribution in [0.2, 0.25) is 0 Å². The van der Waals surface area contributed by atoms with Crippen molar-refractivity contribution < 1.29 is 14.6 Å². The van der Waals surface area contributed by atoms with Crippen molar-refractivity contribution in [3.8, 4) is 22.7 Å². The summed E-state index contributed by atoms with van der Waals surface area (Å²) >= 11 is 0. The van der Waals surface area contributed by atoms with Gasteiger partial charge in [0.2, 0.25) is 0 Å². The fourth-order valence-corrected chi connectivity index (χ4v) is 3.48. The van der Waals surface area contributed by atoms with E-state index in [1.807, 2.05) is 37.3 Å². The van der Waals surface area contributed by atoms with E-state index in [0.717, 1.165) is 22.4 Å². The number of anilines is 1. The van der Waals surface area contributed by atoms with Crippen molar-refractivity contribution in [1.29, 1.82) is 0 Å². The molecule has 33 heavy (non-hydrogen) atoms. The number of fused-ring (bicyclic) bond motifs is 1. The summed E-state index contributed by atoms with van der Waals surface area (Å²) in [6, 6.07) is 14.5. The molecule has 2 aromatic heterocycles. The van der Waals surface area contributed by atoms with Crippen LogP contribution in [0, 0.1) is 6.92 Å². The van der Waals surface area contributed by atoms with E-state index < -0.39 is 5.91 Å². The van der Waals surface area contributed by atoms with Crippen LogP contribution in [0.4, 0.5) is 5.69 Å². The molecule has 0 saturated carbocycles. The van der Waals surface area contributed by atoms with Gasteiger partial charge in [-0.25, -0.2) is 4.98 Å². The van der Waals surface area contributed by atoms with E-state index in [4.69, 9.17) is 15.6 Å². The minimum absolute atomic E-state index is 0.290. The highest BCUT2D eigenvalue weighted by atomic mass is 16.5. The largest absolute Gasteiger partial charge is 0.513 e. The Kier molecular flexibility index (Phi) is 5.77. The van der Waals surface area contributed by atoms with Crippen molar-refractivity contribution in [3.63, 3.8) is 0 Å². The molecule has 1 amide bonds. The number of carbonyl (C=O) groups excluding carboxylic acids is 1. The average molecular weight is 443 g/mol. The molecule has 0 fully saturated rings.